The number of fused-ring (bicyclic) bond motifs is 3. The lowest BCUT2D eigenvalue weighted by atomic mass is 10.1. The fraction of sp³-hybridized carbons (Fsp3) is 0.300. The van der Waals surface area contributed by atoms with Gasteiger partial charge in [0.2, 0.25) is 5.88 Å². The van der Waals surface area contributed by atoms with Crippen LogP contribution in [0.5, 0.6) is 5.88 Å². The molecule has 0 fully saturated rings. The van der Waals surface area contributed by atoms with Crippen molar-refractivity contribution in [2.45, 2.75) is 32.1 Å². The lowest BCUT2D eigenvalue weighted by Gasteiger charge is -2.09. The standard InChI is InChI=1S/C20H18N4O2S/c21-10-13-5-4-6-14(9-13)24-17(25)11-26-19-18-15-7-2-1-3-8-16(15)27-20(18)23-12-22-19/h4-6,9,12H,1-3,7-8,11H2,(H,24,25). The van der Waals surface area contributed by atoms with Crippen LogP contribution in [-0.2, 0) is 17.6 Å². The van der Waals surface area contributed by atoms with Crippen LogP contribution in [0.15, 0.2) is 30.6 Å². The molecule has 0 aliphatic heterocycles. The second-order valence-corrected chi connectivity index (χ2v) is 7.54. The minimum Gasteiger partial charge on any atom is -0.467 e. The van der Waals surface area contributed by atoms with Crippen molar-refractivity contribution in [2.24, 2.45) is 0 Å². The molecule has 1 aliphatic rings. The number of benzene rings is 1. The summed E-state index contributed by atoms with van der Waals surface area (Å²) in [7, 11) is 0. The number of amides is 1. The zero-order valence-electron chi connectivity index (χ0n) is 14.7. The van der Waals surface area contributed by atoms with Gasteiger partial charge in [-0.2, -0.15) is 5.26 Å². The Kier molecular flexibility index (Phi) is 4.99. The van der Waals surface area contributed by atoms with Crippen LogP contribution < -0.4 is 10.1 Å². The molecule has 27 heavy (non-hydrogen) atoms. The number of nitrogens with zero attached hydrogens (tertiary/aromatic N) is 3. The van der Waals surface area contributed by atoms with E-state index in [-0.39, 0.29) is 12.5 Å². The maximum absolute atomic E-state index is 12.2. The number of aromatic nitrogens is 2. The normalized spacial score (nSPS) is 13.4. The summed E-state index contributed by atoms with van der Waals surface area (Å²) in [5.74, 6) is 0.179. The quantitative estimate of drug-likeness (QED) is 0.697. The van der Waals surface area contributed by atoms with Gasteiger partial charge in [0.15, 0.2) is 6.61 Å². The molecule has 1 N–H and O–H groups in total. The summed E-state index contributed by atoms with van der Waals surface area (Å²) in [6.07, 6.45) is 7.16. The van der Waals surface area contributed by atoms with Crippen LogP contribution in [0.3, 0.4) is 0 Å². The number of hydrogen-bond acceptors (Lipinski definition) is 6. The third-order valence-corrected chi connectivity index (χ3v) is 5.78. The van der Waals surface area contributed by atoms with E-state index in [2.05, 4.69) is 21.4 Å². The lowest BCUT2D eigenvalue weighted by Crippen LogP contribution is -2.20. The maximum atomic E-state index is 12.2. The minimum atomic E-state index is -0.293. The summed E-state index contributed by atoms with van der Waals surface area (Å²) < 4.78 is 5.75. The Morgan fingerprint density at radius 1 is 1.26 bits per heavy atom. The van der Waals surface area contributed by atoms with Gasteiger partial charge in [-0.05, 0) is 49.4 Å². The van der Waals surface area contributed by atoms with Crippen LogP contribution in [-0.4, -0.2) is 22.5 Å². The van der Waals surface area contributed by atoms with E-state index in [1.54, 1.807) is 35.6 Å². The highest BCUT2D eigenvalue weighted by molar-refractivity contribution is 7.18. The Balaban J connectivity index is 1.51. The number of nitrogens with one attached hydrogen (secondary N) is 1. The first-order valence-electron chi connectivity index (χ1n) is 8.92. The van der Waals surface area contributed by atoms with Crippen molar-refractivity contribution in [3.8, 4) is 11.9 Å². The average molecular weight is 378 g/mol. The molecule has 3 aromatic rings. The topological polar surface area (TPSA) is 87.9 Å². The SMILES string of the molecule is N#Cc1cccc(NC(=O)COc2ncnc3sc4c(c23)CCCCC4)c1. The molecule has 2 heterocycles. The van der Waals surface area contributed by atoms with Crippen molar-refractivity contribution >= 4 is 33.1 Å². The van der Waals surface area contributed by atoms with Crippen LogP contribution in [0, 0.1) is 11.3 Å². The number of anilines is 1. The molecule has 0 saturated carbocycles. The van der Waals surface area contributed by atoms with E-state index in [1.807, 2.05) is 0 Å². The number of carbonyl (C=O) groups is 1. The first-order chi connectivity index (χ1) is 13.2. The van der Waals surface area contributed by atoms with Crippen molar-refractivity contribution < 1.29 is 9.53 Å². The van der Waals surface area contributed by atoms with Crippen LogP contribution >= 0.6 is 11.3 Å². The monoisotopic (exact) mass is 378 g/mol. The van der Waals surface area contributed by atoms with Gasteiger partial charge in [-0.15, -0.1) is 11.3 Å². The first kappa shape index (κ1) is 17.4. The second kappa shape index (κ2) is 7.72. The second-order valence-electron chi connectivity index (χ2n) is 6.45. The highest BCUT2D eigenvalue weighted by Crippen LogP contribution is 2.38. The number of rotatable bonds is 4. The predicted molar refractivity (Wildman–Crippen MR) is 104 cm³/mol. The summed E-state index contributed by atoms with van der Waals surface area (Å²) in [5, 5.41) is 12.6. The summed E-state index contributed by atoms with van der Waals surface area (Å²) >= 11 is 1.71. The Bertz CT molecular complexity index is 1040. The van der Waals surface area contributed by atoms with E-state index in [1.165, 1.54) is 29.6 Å². The van der Waals surface area contributed by atoms with E-state index < -0.39 is 0 Å². The van der Waals surface area contributed by atoms with Gasteiger partial charge in [-0.25, -0.2) is 9.97 Å². The van der Waals surface area contributed by atoms with E-state index in [9.17, 15) is 4.79 Å². The van der Waals surface area contributed by atoms with E-state index in [4.69, 9.17) is 10.00 Å². The summed E-state index contributed by atoms with van der Waals surface area (Å²) in [5.41, 5.74) is 2.34. The lowest BCUT2D eigenvalue weighted by molar-refractivity contribution is -0.118. The zero-order chi connectivity index (χ0) is 18.6. The molecule has 136 valence electrons. The van der Waals surface area contributed by atoms with E-state index >= 15 is 0 Å². The van der Waals surface area contributed by atoms with Crippen LogP contribution in [0.4, 0.5) is 5.69 Å². The van der Waals surface area contributed by atoms with Gasteiger partial charge in [-0.1, -0.05) is 12.5 Å². The van der Waals surface area contributed by atoms with Crippen molar-refractivity contribution in [3.05, 3.63) is 46.6 Å². The Morgan fingerprint density at radius 3 is 3.04 bits per heavy atom. The average Bonchev–Trinajstić information content (AvgIpc) is 2.88. The molecule has 4 rings (SSSR count). The molecule has 1 aromatic carbocycles. The summed E-state index contributed by atoms with van der Waals surface area (Å²) in [4.78, 5) is 23.2. The molecular weight excluding hydrogens is 360 g/mol. The first-order valence-corrected chi connectivity index (χ1v) is 9.74. The molecule has 0 atom stereocenters. The zero-order valence-corrected chi connectivity index (χ0v) is 15.5. The van der Waals surface area contributed by atoms with Crippen molar-refractivity contribution in [3.63, 3.8) is 0 Å². The number of nitriles is 1. The van der Waals surface area contributed by atoms with Crippen molar-refractivity contribution in [1.29, 1.82) is 5.26 Å². The molecule has 0 unspecified atom stereocenters. The number of hydrogen-bond donors (Lipinski definition) is 1. The van der Waals surface area contributed by atoms with Gasteiger partial charge in [0.1, 0.15) is 11.2 Å². The fourth-order valence-corrected chi connectivity index (χ4v) is 4.56. The fourth-order valence-electron chi connectivity index (χ4n) is 3.34. The van der Waals surface area contributed by atoms with Gasteiger partial charge in [0.05, 0.1) is 17.0 Å². The van der Waals surface area contributed by atoms with Crippen molar-refractivity contribution in [2.75, 3.05) is 11.9 Å². The molecule has 2 aromatic heterocycles. The molecule has 0 radical (unpaired) electrons. The smallest absolute Gasteiger partial charge is 0.262 e. The Hall–Kier alpha value is -2.98. The summed E-state index contributed by atoms with van der Waals surface area (Å²) in [6.45, 7) is -0.145. The number of aryl methyl sites for hydroxylation is 2. The molecule has 7 heteroatoms. The van der Waals surface area contributed by atoms with Crippen LogP contribution in [0.1, 0.15) is 35.3 Å². The van der Waals surface area contributed by atoms with Gasteiger partial charge < -0.3 is 10.1 Å². The number of carbonyl (C=O) groups excluding carboxylic acids is 1. The largest absolute Gasteiger partial charge is 0.467 e. The Labute approximate surface area is 160 Å². The molecule has 0 spiro atoms. The predicted octanol–water partition coefficient (Wildman–Crippen LogP) is 3.85. The van der Waals surface area contributed by atoms with E-state index in [0.717, 1.165) is 29.5 Å². The molecule has 0 saturated heterocycles. The third kappa shape index (κ3) is 3.76. The highest BCUT2D eigenvalue weighted by atomic mass is 32.1. The van der Waals surface area contributed by atoms with Crippen LogP contribution in [0.25, 0.3) is 10.2 Å². The molecule has 6 nitrogen and oxygen atoms in total. The summed E-state index contributed by atoms with van der Waals surface area (Å²) in [6, 6.07) is 8.82. The highest BCUT2D eigenvalue weighted by Gasteiger charge is 2.20. The molecule has 0 bridgehead atoms. The number of ether oxygens (including phenoxy) is 1. The van der Waals surface area contributed by atoms with Gasteiger partial charge in [-0.3, -0.25) is 4.79 Å². The molecule has 1 aliphatic carbocycles. The van der Waals surface area contributed by atoms with Crippen LogP contribution in [0.2, 0.25) is 0 Å². The minimum absolute atomic E-state index is 0.145. The van der Waals surface area contributed by atoms with Crippen molar-refractivity contribution in [1.82, 2.24) is 9.97 Å². The molecule has 1 amide bonds. The molecular formula is C20H18N4O2S. The van der Waals surface area contributed by atoms with Gasteiger partial charge >= 0.3 is 0 Å². The number of thiophene rings is 1. The van der Waals surface area contributed by atoms with Gasteiger partial charge in [0, 0.05) is 10.6 Å². The third-order valence-electron chi connectivity index (χ3n) is 4.58. The Morgan fingerprint density at radius 2 is 2.15 bits per heavy atom. The van der Waals surface area contributed by atoms with E-state index in [0.29, 0.717) is 17.1 Å². The maximum Gasteiger partial charge on any atom is 0.262 e. The van der Waals surface area contributed by atoms with Gasteiger partial charge in [0.25, 0.3) is 5.91 Å².